The van der Waals surface area contributed by atoms with Crippen molar-refractivity contribution in [1.29, 1.82) is 0 Å². The van der Waals surface area contributed by atoms with Crippen LogP contribution in [-0.4, -0.2) is 38.2 Å². The monoisotopic (exact) mass is 343 g/mol. The minimum Gasteiger partial charge on any atom is -0.497 e. The maximum atomic E-state index is 12.2. The van der Waals surface area contributed by atoms with E-state index in [1.165, 1.54) is 0 Å². The van der Waals surface area contributed by atoms with Gasteiger partial charge >= 0.3 is 0 Å². The number of nitrogens with zero attached hydrogens (tertiary/aromatic N) is 2. The summed E-state index contributed by atoms with van der Waals surface area (Å²) in [4.78, 5) is 18.4. The molecule has 1 heterocycles. The first-order valence-electron chi connectivity index (χ1n) is 8.14. The second-order valence-electron chi connectivity index (χ2n) is 5.94. The first-order valence-corrected chi connectivity index (χ1v) is 8.14. The van der Waals surface area contributed by atoms with Crippen molar-refractivity contribution in [1.82, 2.24) is 10.3 Å². The van der Waals surface area contributed by atoms with Gasteiger partial charge in [-0.05, 0) is 42.3 Å². The van der Waals surface area contributed by atoms with Crippen molar-refractivity contribution >= 4 is 11.7 Å². The van der Waals surface area contributed by atoms with Gasteiger partial charge in [0.15, 0.2) is 0 Å². The molecule has 0 saturated heterocycles. The van der Waals surface area contributed by atoms with Gasteiger partial charge in [-0.3, -0.25) is 4.79 Å². The lowest BCUT2D eigenvalue weighted by molar-refractivity contribution is -0.132. The zero-order valence-corrected chi connectivity index (χ0v) is 15.2. The third kappa shape index (κ3) is 5.76. The molecular formula is C19H25N3O3. The minimum atomic E-state index is -0.540. The lowest BCUT2D eigenvalue weighted by atomic mass is 10.2. The number of methoxy groups -OCH3 is 1. The third-order valence-electron chi connectivity index (χ3n) is 3.74. The standard InChI is InChI=1S/C19H25N3O3/c1-14(25-13-16-6-5-7-17(10-16)24-4)19(23)21-12-15-8-9-20-18(11-15)22(2)3/h5-11,14H,12-13H2,1-4H3,(H,21,23)/t14-/m0/s1. The number of ether oxygens (including phenoxy) is 2. The van der Waals surface area contributed by atoms with Crippen LogP contribution in [-0.2, 0) is 22.7 Å². The molecule has 0 unspecified atom stereocenters. The number of pyridine rings is 1. The van der Waals surface area contributed by atoms with Gasteiger partial charge in [0.25, 0.3) is 0 Å². The second-order valence-corrected chi connectivity index (χ2v) is 5.94. The highest BCUT2D eigenvalue weighted by Gasteiger charge is 2.13. The third-order valence-corrected chi connectivity index (χ3v) is 3.74. The highest BCUT2D eigenvalue weighted by atomic mass is 16.5. The number of nitrogens with one attached hydrogen (secondary N) is 1. The van der Waals surface area contributed by atoms with E-state index < -0.39 is 6.10 Å². The van der Waals surface area contributed by atoms with Crippen LogP contribution in [0.15, 0.2) is 42.6 Å². The van der Waals surface area contributed by atoms with Gasteiger partial charge in [-0.2, -0.15) is 0 Å². The number of aromatic nitrogens is 1. The molecule has 0 aliphatic rings. The highest BCUT2D eigenvalue weighted by molar-refractivity contribution is 5.80. The number of carbonyl (C=O) groups excluding carboxylic acids is 1. The van der Waals surface area contributed by atoms with E-state index in [1.54, 1.807) is 20.2 Å². The minimum absolute atomic E-state index is 0.147. The average molecular weight is 343 g/mol. The number of hydrogen-bond donors (Lipinski definition) is 1. The maximum Gasteiger partial charge on any atom is 0.249 e. The van der Waals surface area contributed by atoms with E-state index in [-0.39, 0.29) is 5.91 Å². The van der Waals surface area contributed by atoms with Crippen LogP contribution in [0.2, 0.25) is 0 Å². The van der Waals surface area contributed by atoms with Crippen LogP contribution in [0, 0.1) is 0 Å². The van der Waals surface area contributed by atoms with Gasteiger partial charge < -0.3 is 19.7 Å². The second kappa shape index (κ2) is 9.03. The molecule has 1 atom stereocenters. The zero-order chi connectivity index (χ0) is 18.2. The van der Waals surface area contributed by atoms with Crippen molar-refractivity contribution in [3.63, 3.8) is 0 Å². The van der Waals surface area contributed by atoms with E-state index in [2.05, 4.69) is 10.3 Å². The Morgan fingerprint density at radius 2 is 2.04 bits per heavy atom. The van der Waals surface area contributed by atoms with Crippen LogP contribution in [0.25, 0.3) is 0 Å². The Bertz CT molecular complexity index is 704. The molecular weight excluding hydrogens is 318 g/mol. The molecule has 1 aromatic heterocycles. The lowest BCUT2D eigenvalue weighted by Crippen LogP contribution is -2.34. The first-order chi connectivity index (χ1) is 12.0. The number of amides is 1. The summed E-state index contributed by atoms with van der Waals surface area (Å²) in [6.45, 7) is 2.54. The Morgan fingerprint density at radius 1 is 1.24 bits per heavy atom. The fraction of sp³-hybridized carbons (Fsp3) is 0.368. The van der Waals surface area contributed by atoms with Gasteiger partial charge in [-0.1, -0.05) is 12.1 Å². The number of carbonyl (C=O) groups is 1. The van der Waals surface area contributed by atoms with Crippen LogP contribution in [0.4, 0.5) is 5.82 Å². The molecule has 1 N–H and O–H groups in total. The Hall–Kier alpha value is -2.60. The van der Waals surface area contributed by atoms with E-state index in [9.17, 15) is 4.79 Å². The summed E-state index contributed by atoms with van der Waals surface area (Å²) in [6.07, 6.45) is 1.20. The number of anilines is 1. The smallest absolute Gasteiger partial charge is 0.249 e. The Morgan fingerprint density at radius 3 is 2.76 bits per heavy atom. The molecule has 0 bridgehead atoms. The van der Waals surface area contributed by atoms with Crippen LogP contribution in [0.1, 0.15) is 18.1 Å². The largest absolute Gasteiger partial charge is 0.497 e. The molecule has 0 spiro atoms. The molecule has 0 radical (unpaired) electrons. The summed E-state index contributed by atoms with van der Waals surface area (Å²) in [6, 6.07) is 11.4. The van der Waals surface area contributed by atoms with Crippen LogP contribution >= 0.6 is 0 Å². The predicted octanol–water partition coefficient (Wildman–Crippen LogP) is 2.38. The molecule has 2 rings (SSSR count). The Kier molecular flexibility index (Phi) is 6.77. The average Bonchev–Trinajstić information content (AvgIpc) is 2.64. The van der Waals surface area contributed by atoms with Crippen molar-refractivity contribution in [3.8, 4) is 5.75 Å². The number of benzene rings is 1. The summed E-state index contributed by atoms with van der Waals surface area (Å²) in [5.74, 6) is 1.48. The molecule has 25 heavy (non-hydrogen) atoms. The van der Waals surface area contributed by atoms with Gasteiger partial charge in [0.05, 0.1) is 13.7 Å². The van der Waals surface area contributed by atoms with Gasteiger partial charge in [-0.15, -0.1) is 0 Å². The zero-order valence-electron chi connectivity index (χ0n) is 15.2. The van der Waals surface area contributed by atoms with Gasteiger partial charge in [-0.25, -0.2) is 4.98 Å². The normalized spacial score (nSPS) is 11.7. The van der Waals surface area contributed by atoms with Crippen molar-refractivity contribution < 1.29 is 14.3 Å². The van der Waals surface area contributed by atoms with Crippen LogP contribution in [0.5, 0.6) is 5.75 Å². The lowest BCUT2D eigenvalue weighted by Gasteiger charge is -2.15. The van der Waals surface area contributed by atoms with Crippen molar-refractivity contribution in [3.05, 3.63) is 53.7 Å². The maximum absolute atomic E-state index is 12.2. The van der Waals surface area contributed by atoms with Crippen molar-refractivity contribution in [2.75, 3.05) is 26.1 Å². The van der Waals surface area contributed by atoms with Crippen molar-refractivity contribution in [2.45, 2.75) is 26.2 Å². The molecule has 134 valence electrons. The van der Waals surface area contributed by atoms with E-state index in [1.807, 2.05) is 55.4 Å². The van der Waals surface area contributed by atoms with E-state index in [0.717, 1.165) is 22.7 Å². The molecule has 2 aromatic rings. The molecule has 0 fully saturated rings. The van der Waals surface area contributed by atoms with Gasteiger partial charge in [0, 0.05) is 26.8 Å². The van der Waals surface area contributed by atoms with E-state index in [4.69, 9.17) is 9.47 Å². The first kappa shape index (κ1) is 18.7. The quantitative estimate of drug-likeness (QED) is 0.797. The van der Waals surface area contributed by atoms with Crippen molar-refractivity contribution in [2.24, 2.45) is 0 Å². The summed E-state index contributed by atoms with van der Waals surface area (Å²) in [7, 11) is 5.48. The van der Waals surface area contributed by atoms with E-state index >= 15 is 0 Å². The molecule has 0 aliphatic carbocycles. The molecule has 1 aromatic carbocycles. The van der Waals surface area contributed by atoms with E-state index in [0.29, 0.717) is 13.2 Å². The molecule has 1 amide bonds. The topological polar surface area (TPSA) is 63.7 Å². The number of hydrogen-bond acceptors (Lipinski definition) is 5. The highest BCUT2D eigenvalue weighted by Crippen LogP contribution is 2.14. The van der Waals surface area contributed by atoms with Gasteiger partial charge in [0.1, 0.15) is 17.7 Å². The van der Waals surface area contributed by atoms with Crippen LogP contribution < -0.4 is 15.0 Å². The van der Waals surface area contributed by atoms with Crippen LogP contribution in [0.3, 0.4) is 0 Å². The molecule has 0 saturated carbocycles. The summed E-state index contributed by atoms with van der Waals surface area (Å²) in [5, 5.41) is 2.89. The Balaban J connectivity index is 1.82. The fourth-order valence-electron chi connectivity index (χ4n) is 2.21. The van der Waals surface area contributed by atoms with Gasteiger partial charge in [0.2, 0.25) is 5.91 Å². The molecule has 6 heteroatoms. The fourth-order valence-corrected chi connectivity index (χ4v) is 2.21. The molecule has 0 aliphatic heterocycles. The predicted molar refractivity (Wildman–Crippen MR) is 97.7 cm³/mol. The molecule has 6 nitrogen and oxygen atoms in total. The SMILES string of the molecule is COc1cccc(CO[C@@H](C)C(=O)NCc2ccnc(N(C)C)c2)c1. The number of rotatable bonds is 8. The summed E-state index contributed by atoms with van der Waals surface area (Å²) < 4.78 is 10.8. The Labute approximate surface area is 148 Å². The summed E-state index contributed by atoms with van der Waals surface area (Å²) in [5.41, 5.74) is 1.95. The summed E-state index contributed by atoms with van der Waals surface area (Å²) >= 11 is 0.